The standard InChI is InChI=1S/C16H21NO3/c1-2-3-8-19-9-10-20-16-11-13(12-18)14-6-4-5-7-15(14)17-16/h4-7,11,18H,2-3,8-10,12H2,1H3. The van der Waals surface area contributed by atoms with Gasteiger partial charge in [-0.15, -0.1) is 0 Å². The van der Waals surface area contributed by atoms with Crippen molar-refractivity contribution in [2.24, 2.45) is 0 Å². The predicted molar refractivity (Wildman–Crippen MR) is 78.9 cm³/mol. The molecule has 108 valence electrons. The molecule has 4 nitrogen and oxygen atoms in total. The van der Waals surface area contributed by atoms with Crippen LogP contribution >= 0.6 is 0 Å². The molecule has 0 aliphatic heterocycles. The average molecular weight is 275 g/mol. The van der Waals surface area contributed by atoms with Gasteiger partial charge in [0.2, 0.25) is 5.88 Å². The normalized spacial score (nSPS) is 10.9. The number of hydrogen-bond donors (Lipinski definition) is 1. The van der Waals surface area contributed by atoms with Gasteiger partial charge in [0.15, 0.2) is 0 Å². The zero-order chi connectivity index (χ0) is 14.2. The van der Waals surface area contributed by atoms with E-state index in [9.17, 15) is 5.11 Å². The molecule has 4 heteroatoms. The molecule has 1 N–H and O–H groups in total. The third-order valence-electron chi connectivity index (χ3n) is 3.07. The highest BCUT2D eigenvalue weighted by Crippen LogP contribution is 2.21. The summed E-state index contributed by atoms with van der Waals surface area (Å²) in [4.78, 5) is 4.43. The van der Waals surface area contributed by atoms with E-state index in [1.807, 2.05) is 24.3 Å². The first-order valence-electron chi connectivity index (χ1n) is 7.05. The summed E-state index contributed by atoms with van der Waals surface area (Å²) in [6.07, 6.45) is 2.20. The third-order valence-corrected chi connectivity index (χ3v) is 3.07. The van der Waals surface area contributed by atoms with Crippen molar-refractivity contribution in [3.05, 3.63) is 35.9 Å². The molecule has 1 heterocycles. The summed E-state index contributed by atoms with van der Waals surface area (Å²) in [6, 6.07) is 9.51. The summed E-state index contributed by atoms with van der Waals surface area (Å²) < 4.78 is 11.0. The average Bonchev–Trinajstić information content (AvgIpc) is 2.50. The molecule has 1 aromatic heterocycles. The van der Waals surface area contributed by atoms with E-state index >= 15 is 0 Å². The largest absolute Gasteiger partial charge is 0.475 e. The first-order valence-corrected chi connectivity index (χ1v) is 7.05. The number of fused-ring (bicyclic) bond motifs is 1. The lowest BCUT2D eigenvalue weighted by atomic mass is 10.1. The molecule has 0 saturated heterocycles. The van der Waals surface area contributed by atoms with Crippen molar-refractivity contribution < 1.29 is 14.6 Å². The number of nitrogens with zero attached hydrogens (tertiary/aromatic N) is 1. The number of rotatable bonds is 8. The minimum atomic E-state index is -0.0214. The lowest BCUT2D eigenvalue weighted by Crippen LogP contribution is -2.08. The maximum absolute atomic E-state index is 9.42. The zero-order valence-corrected chi connectivity index (χ0v) is 11.8. The number of aliphatic hydroxyl groups excluding tert-OH is 1. The summed E-state index contributed by atoms with van der Waals surface area (Å²) in [7, 11) is 0. The van der Waals surface area contributed by atoms with Gasteiger partial charge in [-0.25, -0.2) is 4.98 Å². The highest BCUT2D eigenvalue weighted by atomic mass is 16.5. The van der Waals surface area contributed by atoms with E-state index in [1.165, 1.54) is 0 Å². The number of benzene rings is 1. The van der Waals surface area contributed by atoms with Crippen LogP contribution in [0.4, 0.5) is 0 Å². The highest BCUT2D eigenvalue weighted by Gasteiger charge is 2.05. The van der Waals surface area contributed by atoms with Crippen LogP contribution in [0, 0.1) is 0 Å². The van der Waals surface area contributed by atoms with E-state index in [0.29, 0.717) is 19.1 Å². The quantitative estimate of drug-likeness (QED) is 0.753. The molecule has 0 atom stereocenters. The van der Waals surface area contributed by atoms with Gasteiger partial charge in [-0.1, -0.05) is 31.5 Å². The Bertz CT molecular complexity index is 542. The van der Waals surface area contributed by atoms with Crippen molar-refractivity contribution in [3.8, 4) is 5.88 Å². The number of hydrogen-bond acceptors (Lipinski definition) is 4. The molecule has 0 amide bonds. The fourth-order valence-electron chi connectivity index (χ4n) is 1.98. The van der Waals surface area contributed by atoms with Crippen LogP contribution in [0.2, 0.25) is 0 Å². The fourth-order valence-corrected chi connectivity index (χ4v) is 1.98. The molecule has 0 unspecified atom stereocenters. The monoisotopic (exact) mass is 275 g/mol. The maximum Gasteiger partial charge on any atom is 0.214 e. The topological polar surface area (TPSA) is 51.6 Å². The van der Waals surface area contributed by atoms with Crippen LogP contribution in [0.15, 0.2) is 30.3 Å². The van der Waals surface area contributed by atoms with Crippen molar-refractivity contribution >= 4 is 10.9 Å². The molecule has 0 saturated carbocycles. The van der Waals surface area contributed by atoms with Crippen molar-refractivity contribution in [3.63, 3.8) is 0 Å². The van der Waals surface area contributed by atoms with Crippen LogP contribution in [0.25, 0.3) is 10.9 Å². The van der Waals surface area contributed by atoms with Crippen molar-refractivity contribution in [1.29, 1.82) is 0 Å². The van der Waals surface area contributed by atoms with E-state index in [-0.39, 0.29) is 6.61 Å². The van der Waals surface area contributed by atoms with Crippen molar-refractivity contribution in [2.75, 3.05) is 19.8 Å². The number of unbranched alkanes of at least 4 members (excludes halogenated alkanes) is 1. The van der Waals surface area contributed by atoms with Crippen molar-refractivity contribution in [1.82, 2.24) is 4.98 Å². The highest BCUT2D eigenvalue weighted by molar-refractivity contribution is 5.82. The van der Waals surface area contributed by atoms with Gasteiger partial charge < -0.3 is 14.6 Å². The van der Waals surface area contributed by atoms with Crippen LogP contribution in [0.1, 0.15) is 25.3 Å². The van der Waals surface area contributed by atoms with Gasteiger partial charge in [-0.2, -0.15) is 0 Å². The molecule has 0 spiro atoms. The predicted octanol–water partition coefficient (Wildman–Crippen LogP) is 2.92. The molecule has 2 aromatic rings. The minimum absolute atomic E-state index is 0.0214. The van der Waals surface area contributed by atoms with Gasteiger partial charge in [0.25, 0.3) is 0 Å². The summed E-state index contributed by atoms with van der Waals surface area (Å²) in [5.74, 6) is 0.534. The lowest BCUT2D eigenvalue weighted by Gasteiger charge is -2.09. The van der Waals surface area contributed by atoms with Gasteiger partial charge in [0, 0.05) is 18.1 Å². The second-order valence-corrected chi connectivity index (χ2v) is 4.61. The van der Waals surface area contributed by atoms with Gasteiger partial charge in [0.1, 0.15) is 6.61 Å². The number of aromatic nitrogens is 1. The minimum Gasteiger partial charge on any atom is -0.475 e. The van der Waals surface area contributed by atoms with Gasteiger partial charge in [0.05, 0.1) is 18.7 Å². The molecule has 1 aromatic carbocycles. The van der Waals surface area contributed by atoms with E-state index in [2.05, 4.69) is 11.9 Å². The summed E-state index contributed by atoms with van der Waals surface area (Å²) in [5.41, 5.74) is 1.67. The molecule has 0 bridgehead atoms. The maximum atomic E-state index is 9.42. The summed E-state index contributed by atoms with van der Waals surface area (Å²) >= 11 is 0. The number of aliphatic hydroxyl groups is 1. The summed E-state index contributed by atoms with van der Waals surface area (Å²) in [6.45, 7) is 3.91. The summed E-state index contributed by atoms with van der Waals surface area (Å²) in [5, 5.41) is 10.4. The van der Waals surface area contributed by atoms with Crippen LogP contribution < -0.4 is 4.74 Å². The number of ether oxygens (including phenoxy) is 2. The molecule has 0 aliphatic carbocycles. The lowest BCUT2D eigenvalue weighted by molar-refractivity contribution is 0.0965. The van der Waals surface area contributed by atoms with Crippen molar-refractivity contribution in [2.45, 2.75) is 26.4 Å². The van der Waals surface area contributed by atoms with Crippen LogP contribution in [-0.4, -0.2) is 29.9 Å². The Balaban J connectivity index is 1.96. The molecule has 20 heavy (non-hydrogen) atoms. The smallest absolute Gasteiger partial charge is 0.214 e. The molecular weight excluding hydrogens is 254 g/mol. The Labute approximate surface area is 119 Å². The molecule has 0 aliphatic rings. The first-order chi connectivity index (χ1) is 9.85. The Kier molecular flexibility index (Phi) is 5.77. The Morgan fingerprint density at radius 2 is 2.00 bits per heavy atom. The molecule has 0 radical (unpaired) electrons. The Morgan fingerprint density at radius 3 is 2.80 bits per heavy atom. The Hall–Kier alpha value is -1.65. The van der Waals surface area contributed by atoms with E-state index in [0.717, 1.165) is 35.9 Å². The molecule has 0 fully saturated rings. The second-order valence-electron chi connectivity index (χ2n) is 4.61. The zero-order valence-electron chi connectivity index (χ0n) is 11.8. The molecular formula is C16H21NO3. The van der Waals surface area contributed by atoms with Gasteiger partial charge >= 0.3 is 0 Å². The fraction of sp³-hybridized carbons (Fsp3) is 0.438. The van der Waals surface area contributed by atoms with E-state index in [1.54, 1.807) is 6.07 Å². The number of pyridine rings is 1. The van der Waals surface area contributed by atoms with Crippen LogP contribution in [-0.2, 0) is 11.3 Å². The van der Waals surface area contributed by atoms with Crippen LogP contribution in [0.5, 0.6) is 5.88 Å². The number of para-hydroxylation sites is 1. The third kappa shape index (κ3) is 3.92. The van der Waals surface area contributed by atoms with E-state index in [4.69, 9.17) is 9.47 Å². The SMILES string of the molecule is CCCCOCCOc1cc(CO)c2ccccc2n1. The first kappa shape index (κ1) is 14.8. The van der Waals surface area contributed by atoms with Crippen LogP contribution in [0.3, 0.4) is 0 Å². The van der Waals surface area contributed by atoms with E-state index < -0.39 is 0 Å². The van der Waals surface area contributed by atoms with Gasteiger partial charge in [-0.3, -0.25) is 0 Å². The van der Waals surface area contributed by atoms with Gasteiger partial charge in [-0.05, 0) is 18.1 Å². The second kappa shape index (κ2) is 7.82. The molecule has 2 rings (SSSR count). The Morgan fingerprint density at radius 1 is 1.15 bits per heavy atom.